The Morgan fingerprint density at radius 3 is 2.50 bits per heavy atom. The van der Waals surface area contributed by atoms with Crippen LogP contribution in [0.25, 0.3) is 0 Å². The molecule has 2 fully saturated rings. The van der Waals surface area contributed by atoms with Crippen LogP contribution in [0.3, 0.4) is 0 Å². The molecule has 0 saturated carbocycles. The predicted octanol–water partition coefficient (Wildman–Crippen LogP) is 0.0893. The lowest BCUT2D eigenvalue weighted by Crippen LogP contribution is -2.77. The van der Waals surface area contributed by atoms with Gasteiger partial charge in [-0.3, -0.25) is 4.90 Å². The first-order valence-corrected chi connectivity index (χ1v) is 3.06. The Bertz CT molecular complexity index is 126. The van der Waals surface area contributed by atoms with E-state index in [1.807, 2.05) is 0 Å². The van der Waals surface area contributed by atoms with Crippen LogP contribution >= 0.6 is 0 Å². The van der Waals surface area contributed by atoms with Crippen LogP contribution in [0.1, 0.15) is 6.92 Å². The fraction of sp³-hybridized carbons (Fsp3) is 1.00. The van der Waals surface area contributed by atoms with Gasteiger partial charge in [-0.05, 0) is 14.0 Å². The van der Waals surface area contributed by atoms with Gasteiger partial charge in [-0.15, -0.1) is 0 Å². The number of likely N-dealkylation sites (N-methyl/N-ethyl adjacent to an activating group) is 1. The molecule has 0 spiro atoms. The van der Waals surface area contributed by atoms with Gasteiger partial charge in [-0.2, -0.15) is 0 Å². The second-order valence-electron chi connectivity index (χ2n) is 3.05. The van der Waals surface area contributed by atoms with Crippen LogP contribution < -0.4 is 0 Å². The van der Waals surface area contributed by atoms with Gasteiger partial charge in [0.05, 0.1) is 18.2 Å². The fourth-order valence-corrected chi connectivity index (χ4v) is 1.68. The van der Waals surface area contributed by atoms with Crippen molar-refractivity contribution in [2.45, 2.75) is 18.6 Å². The molecule has 2 aliphatic rings. The molecule has 2 saturated heterocycles. The molecule has 0 aromatic carbocycles. The van der Waals surface area contributed by atoms with Crippen molar-refractivity contribution in [3.63, 3.8) is 0 Å². The summed E-state index contributed by atoms with van der Waals surface area (Å²) < 4.78 is 5.35. The molecule has 2 rings (SSSR count). The van der Waals surface area contributed by atoms with Gasteiger partial charge in [-0.1, -0.05) is 0 Å². The number of nitrogens with zero attached hydrogens (tertiary/aromatic N) is 1. The highest BCUT2D eigenvalue weighted by Gasteiger charge is 2.55. The van der Waals surface area contributed by atoms with Crippen molar-refractivity contribution >= 4 is 0 Å². The SMILES string of the molecule is CN1CC2(C)OC[C@@H]12. The molecule has 0 aliphatic carbocycles. The molecule has 2 aliphatic heterocycles. The highest BCUT2D eigenvalue weighted by atomic mass is 16.5. The second-order valence-corrected chi connectivity index (χ2v) is 3.05. The fourth-order valence-electron chi connectivity index (χ4n) is 1.68. The van der Waals surface area contributed by atoms with Crippen LogP contribution in [0.2, 0.25) is 0 Å². The van der Waals surface area contributed by atoms with E-state index in [0.717, 1.165) is 19.2 Å². The zero-order chi connectivity index (χ0) is 5.78. The maximum Gasteiger partial charge on any atom is 0.0958 e. The number of hydrogen-bond acceptors (Lipinski definition) is 2. The molecule has 0 radical (unpaired) electrons. The summed E-state index contributed by atoms with van der Waals surface area (Å²) in [5.41, 5.74) is 0.259. The molecular formula is C6H11NO. The summed E-state index contributed by atoms with van der Waals surface area (Å²) in [5, 5.41) is 0. The van der Waals surface area contributed by atoms with Crippen LogP contribution in [0.4, 0.5) is 0 Å². The Morgan fingerprint density at radius 1 is 1.75 bits per heavy atom. The first-order valence-electron chi connectivity index (χ1n) is 3.06. The van der Waals surface area contributed by atoms with Gasteiger partial charge < -0.3 is 4.74 Å². The quantitative estimate of drug-likeness (QED) is 0.441. The maximum atomic E-state index is 5.35. The van der Waals surface area contributed by atoms with Crippen LogP contribution in [0.5, 0.6) is 0 Å². The van der Waals surface area contributed by atoms with E-state index in [9.17, 15) is 0 Å². The smallest absolute Gasteiger partial charge is 0.0958 e. The number of fused-ring (bicyclic) bond motifs is 1. The minimum atomic E-state index is 0.259. The molecule has 0 N–H and O–H groups in total. The van der Waals surface area contributed by atoms with Crippen molar-refractivity contribution < 1.29 is 4.74 Å². The maximum absolute atomic E-state index is 5.35. The number of hydrogen-bond donors (Lipinski definition) is 0. The Kier molecular flexibility index (Phi) is 0.649. The number of likely N-dealkylation sites (tertiary alicyclic amines) is 1. The summed E-state index contributed by atoms with van der Waals surface area (Å²) in [4.78, 5) is 2.34. The van der Waals surface area contributed by atoms with E-state index in [-0.39, 0.29) is 5.60 Å². The molecule has 2 heteroatoms. The standard InChI is InChI=1S/C6H11NO/c1-6-4-7(2)5(6)3-8-6/h5H,3-4H2,1-2H3/t5-,6?/m1/s1. The summed E-state index contributed by atoms with van der Waals surface area (Å²) in [6.07, 6.45) is 0. The predicted molar refractivity (Wildman–Crippen MR) is 30.8 cm³/mol. The molecule has 46 valence electrons. The lowest BCUT2D eigenvalue weighted by molar-refractivity contribution is -0.274. The molecule has 0 aromatic heterocycles. The van der Waals surface area contributed by atoms with Gasteiger partial charge in [0.2, 0.25) is 0 Å². The minimum Gasteiger partial charge on any atom is -0.370 e. The third kappa shape index (κ3) is 0.327. The molecule has 2 nitrogen and oxygen atoms in total. The van der Waals surface area contributed by atoms with Crippen LogP contribution in [-0.2, 0) is 4.74 Å². The van der Waals surface area contributed by atoms with Crippen LogP contribution in [0.15, 0.2) is 0 Å². The van der Waals surface area contributed by atoms with E-state index < -0.39 is 0 Å². The highest BCUT2D eigenvalue weighted by molar-refractivity contribution is 5.08. The van der Waals surface area contributed by atoms with Gasteiger partial charge in [0, 0.05) is 6.54 Å². The molecule has 0 aromatic rings. The van der Waals surface area contributed by atoms with Crippen molar-refractivity contribution in [2.75, 3.05) is 20.2 Å². The molecule has 1 unspecified atom stereocenters. The molecule has 8 heavy (non-hydrogen) atoms. The van der Waals surface area contributed by atoms with Crippen LogP contribution in [-0.4, -0.2) is 36.7 Å². The average Bonchev–Trinajstić information content (AvgIpc) is 1.64. The monoisotopic (exact) mass is 113 g/mol. The summed E-state index contributed by atoms with van der Waals surface area (Å²) in [7, 11) is 2.15. The lowest BCUT2D eigenvalue weighted by Gasteiger charge is -2.61. The zero-order valence-corrected chi connectivity index (χ0v) is 5.35. The Balaban J connectivity index is 2.08. The van der Waals surface area contributed by atoms with Crippen molar-refractivity contribution in [2.24, 2.45) is 0 Å². The first kappa shape index (κ1) is 4.77. The third-order valence-electron chi connectivity index (χ3n) is 2.37. The Hall–Kier alpha value is -0.0800. The second kappa shape index (κ2) is 1.09. The summed E-state index contributed by atoms with van der Waals surface area (Å²) in [6.45, 7) is 4.26. The largest absolute Gasteiger partial charge is 0.370 e. The summed E-state index contributed by atoms with van der Waals surface area (Å²) in [6, 6.07) is 0.738. The highest BCUT2D eigenvalue weighted by Crippen LogP contribution is 2.39. The van der Waals surface area contributed by atoms with E-state index in [2.05, 4.69) is 18.9 Å². The van der Waals surface area contributed by atoms with Crippen molar-refractivity contribution in [1.29, 1.82) is 0 Å². The zero-order valence-electron chi connectivity index (χ0n) is 5.35. The lowest BCUT2D eigenvalue weighted by atomic mass is 9.81. The normalized spacial score (nSPS) is 54.0. The van der Waals surface area contributed by atoms with Crippen LogP contribution in [0, 0.1) is 0 Å². The van der Waals surface area contributed by atoms with E-state index in [0.29, 0.717) is 0 Å². The number of ether oxygens (including phenoxy) is 1. The Labute approximate surface area is 49.4 Å². The van der Waals surface area contributed by atoms with Gasteiger partial charge >= 0.3 is 0 Å². The van der Waals surface area contributed by atoms with E-state index in [1.54, 1.807) is 0 Å². The first-order chi connectivity index (χ1) is 3.72. The van der Waals surface area contributed by atoms with Crippen molar-refractivity contribution in [1.82, 2.24) is 4.90 Å². The topological polar surface area (TPSA) is 12.5 Å². The van der Waals surface area contributed by atoms with Gasteiger partial charge in [0.1, 0.15) is 0 Å². The number of rotatable bonds is 0. The van der Waals surface area contributed by atoms with Crippen molar-refractivity contribution in [3.8, 4) is 0 Å². The molecular weight excluding hydrogens is 102 g/mol. The summed E-state index contributed by atoms with van der Waals surface area (Å²) >= 11 is 0. The van der Waals surface area contributed by atoms with Crippen molar-refractivity contribution in [3.05, 3.63) is 0 Å². The molecule has 2 atom stereocenters. The minimum absolute atomic E-state index is 0.259. The molecule has 0 bridgehead atoms. The summed E-state index contributed by atoms with van der Waals surface area (Å²) in [5.74, 6) is 0. The molecule has 2 heterocycles. The Morgan fingerprint density at radius 2 is 2.50 bits per heavy atom. The van der Waals surface area contributed by atoms with E-state index >= 15 is 0 Å². The number of morpholine rings is 1. The average molecular weight is 113 g/mol. The van der Waals surface area contributed by atoms with Gasteiger partial charge in [-0.25, -0.2) is 0 Å². The van der Waals surface area contributed by atoms with Gasteiger partial charge in [0.25, 0.3) is 0 Å². The van der Waals surface area contributed by atoms with Gasteiger partial charge in [0.15, 0.2) is 0 Å². The third-order valence-corrected chi connectivity index (χ3v) is 2.37. The van der Waals surface area contributed by atoms with E-state index in [4.69, 9.17) is 4.74 Å². The molecule has 0 amide bonds. The van der Waals surface area contributed by atoms with E-state index in [1.165, 1.54) is 0 Å².